The zero-order chi connectivity index (χ0) is 12.6. The van der Waals surface area contributed by atoms with Gasteiger partial charge in [-0.3, -0.25) is 4.79 Å². The summed E-state index contributed by atoms with van der Waals surface area (Å²) < 4.78 is 14.4. The van der Waals surface area contributed by atoms with E-state index in [-0.39, 0.29) is 11.8 Å². The first-order valence-corrected chi connectivity index (χ1v) is 7.47. The molecule has 100 valence electrons. The first-order chi connectivity index (χ1) is 8.48. The summed E-state index contributed by atoms with van der Waals surface area (Å²) in [6.45, 7) is 0. The van der Waals surface area contributed by atoms with Crippen LogP contribution in [0.4, 0.5) is 4.39 Å². The number of fused-ring (bicyclic) bond motifs is 3. The quantitative estimate of drug-likeness (QED) is 0.823. The lowest BCUT2D eigenvalue weighted by Crippen LogP contribution is -2.77. The maximum Gasteiger partial charge on any atom is 0.224 e. The van der Waals surface area contributed by atoms with E-state index in [0.717, 1.165) is 12.3 Å². The summed E-state index contributed by atoms with van der Waals surface area (Å²) in [5, 5.41) is 0. The van der Waals surface area contributed by atoms with E-state index < -0.39 is 11.1 Å². The van der Waals surface area contributed by atoms with Gasteiger partial charge >= 0.3 is 0 Å². The van der Waals surface area contributed by atoms with E-state index in [9.17, 15) is 9.18 Å². The number of hydrogen-bond donors (Lipinski definition) is 1. The monoisotopic (exact) mass is 251 g/mol. The number of rotatable bonds is 3. The average molecular weight is 251 g/mol. The van der Waals surface area contributed by atoms with E-state index in [0.29, 0.717) is 18.3 Å². The molecule has 4 bridgehead atoms. The van der Waals surface area contributed by atoms with Crippen LogP contribution in [0.15, 0.2) is 0 Å². The highest BCUT2D eigenvalue weighted by Gasteiger charge is 2.80. The molecule has 6 fully saturated rings. The molecule has 2 N–H and O–H groups in total. The fourth-order valence-corrected chi connectivity index (χ4v) is 5.53. The molecule has 1 atom stereocenters. The van der Waals surface area contributed by atoms with Crippen LogP contribution in [-0.4, -0.2) is 11.6 Å². The second kappa shape index (κ2) is 3.10. The van der Waals surface area contributed by atoms with Crippen LogP contribution in [0.1, 0.15) is 57.8 Å². The van der Waals surface area contributed by atoms with Gasteiger partial charge in [-0.1, -0.05) is 0 Å². The summed E-state index contributed by atoms with van der Waals surface area (Å²) in [5.74, 6) is 0.650. The predicted octanol–water partition coefficient (Wildman–Crippen LogP) is 2.95. The predicted molar refractivity (Wildman–Crippen MR) is 66.4 cm³/mol. The SMILES string of the molecule is NC(=O)C12CC(F)(C1)C2CC12CCC(CC1)CC2. The third kappa shape index (κ3) is 1.16. The van der Waals surface area contributed by atoms with Gasteiger partial charge in [0, 0.05) is 5.92 Å². The molecule has 6 saturated carbocycles. The molecule has 2 nitrogen and oxygen atoms in total. The van der Waals surface area contributed by atoms with E-state index in [1.54, 1.807) is 0 Å². The largest absolute Gasteiger partial charge is 0.369 e. The van der Waals surface area contributed by atoms with Crippen molar-refractivity contribution in [1.82, 2.24) is 0 Å². The smallest absolute Gasteiger partial charge is 0.224 e. The lowest BCUT2D eigenvalue weighted by atomic mass is 9.33. The molecule has 1 unspecified atom stereocenters. The second-order valence-electron chi connectivity index (χ2n) is 7.65. The highest BCUT2D eigenvalue weighted by Crippen LogP contribution is 2.76. The Bertz CT molecular complexity index is 391. The van der Waals surface area contributed by atoms with Gasteiger partial charge in [-0.15, -0.1) is 0 Å². The van der Waals surface area contributed by atoms with Gasteiger partial charge in [-0.25, -0.2) is 4.39 Å². The standard InChI is InChI=1S/C15H22FNO/c16-15-8-14(9-15,12(17)18)11(15)7-13-4-1-10(2-5-13)3-6-13/h10-11H,1-9H2,(H2,17,18). The summed E-state index contributed by atoms with van der Waals surface area (Å²) in [4.78, 5) is 11.6. The fourth-order valence-electron chi connectivity index (χ4n) is 5.53. The van der Waals surface area contributed by atoms with Crippen molar-refractivity contribution in [3.05, 3.63) is 0 Å². The van der Waals surface area contributed by atoms with Crippen LogP contribution in [0.2, 0.25) is 0 Å². The highest BCUT2D eigenvalue weighted by molar-refractivity contribution is 5.86. The number of alkyl halides is 1. The van der Waals surface area contributed by atoms with Gasteiger partial charge in [0.2, 0.25) is 5.91 Å². The summed E-state index contributed by atoms with van der Waals surface area (Å²) in [6.07, 6.45) is 9.54. The van der Waals surface area contributed by atoms with Gasteiger partial charge in [-0.2, -0.15) is 0 Å². The highest BCUT2D eigenvalue weighted by atomic mass is 19.1. The maximum absolute atomic E-state index is 14.4. The van der Waals surface area contributed by atoms with Crippen LogP contribution in [0, 0.1) is 22.7 Å². The van der Waals surface area contributed by atoms with E-state index in [2.05, 4.69) is 0 Å². The molecule has 0 aromatic carbocycles. The van der Waals surface area contributed by atoms with Gasteiger partial charge in [0.15, 0.2) is 0 Å². The molecule has 0 radical (unpaired) electrons. The number of carbonyl (C=O) groups is 1. The van der Waals surface area contributed by atoms with Crippen molar-refractivity contribution in [1.29, 1.82) is 0 Å². The Balaban J connectivity index is 1.53. The van der Waals surface area contributed by atoms with Crippen LogP contribution in [0.5, 0.6) is 0 Å². The number of hydrogen-bond acceptors (Lipinski definition) is 1. The lowest BCUT2D eigenvalue weighted by Gasteiger charge is -2.72. The Labute approximate surface area is 107 Å². The lowest BCUT2D eigenvalue weighted by molar-refractivity contribution is -0.278. The summed E-state index contributed by atoms with van der Waals surface area (Å²) >= 11 is 0. The minimum Gasteiger partial charge on any atom is -0.369 e. The number of nitrogens with two attached hydrogens (primary N) is 1. The van der Waals surface area contributed by atoms with Crippen LogP contribution < -0.4 is 5.73 Å². The molecule has 0 aromatic rings. The fraction of sp³-hybridized carbons (Fsp3) is 0.933. The molecule has 0 saturated heterocycles. The molecule has 0 aliphatic heterocycles. The number of amides is 1. The second-order valence-corrected chi connectivity index (χ2v) is 7.65. The van der Waals surface area contributed by atoms with Crippen LogP contribution >= 0.6 is 0 Å². The average Bonchev–Trinajstić information content (AvgIpc) is 2.35. The van der Waals surface area contributed by atoms with Crippen LogP contribution in [0.25, 0.3) is 0 Å². The molecular formula is C15H22FNO. The van der Waals surface area contributed by atoms with Crippen LogP contribution in [0.3, 0.4) is 0 Å². The van der Waals surface area contributed by atoms with E-state index in [4.69, 9.17) is 5.73 Å². The number of carbonyl (C=O) groups excluding carboxylic acids is 1. The van der Waals surface area contributed by atoms with Gasteiger partial charge in [0.05, 0.1) is 5.41 Å². The molecule has 0 aromatic heterocycles. The first-order valence-electron chi connectivity index (χ1n) is 7.47. The van der Waals surface area contributed by atoms with Crippen molar-refractivity contribution in [2.45, 2.75) is 63.5 Å². The van der Waals surface area contributed by atoms with Gasteiger partial charge in [-0.05, 0) is 69.1 Å². The van der Waals surface area contributed by atoms with E-state index in [1.165, 1.54) is 38.5 Å². The third-order valence-electron chi connectivity index (χ3n) is 6.89. The van der Waals surface area contributed by atoms with Gasteiger partial charge in [0.1, 0.15) is 5.67 Å². The van der Waals surface area contributed by atoms with Crippen molar-refractivity contribution in [2.75, 3.05) is 0 Å². The van der Waals surface area contributed by atoms with E-state index >= 15 is 0 Å². The zero-order valence-corrected chi connectivity index (χ0v) is 10.9. The van der Waals surface area contributed by atoms with Crippen LogP contribution in [-0.2, 0) is 4.79 Å². The summed E-state index contributed by atoms with van der Waals surface area (Å²) in [7, 11) is 0. The molecule has 6 aliphatic carbocycles. The Hall–Kier alpha value is -0.600. The molecule has 0 heterocycles. The minimum absolute atomic E-state index is 0.0443. The molecule has 1 amide bonds. The molecule has 3 heteroatoms. The van der Waals surface area contributed by atoms with Gasteiger partial charge < -0.3 is 5.73 Å². The van der Waals surface area contributed by atoms with Gasteiger partial charge in [0.25, 0.3) is 0 Å². The number of primary amides is 1. The third-order valence-corrected chi connectivity index (χ3v) is 6.89. The Kier molecular flexibility index (Phi) is 1.94. The van der Waals surface area contributed by atoms with Crippen molar-refractivity contribution < 1.29 is 9.18 Å². The molecule has 0 spiro atoms. The topological polar surface area (TPSA) is 43.1 Å². The Morgan fingerprint density at radius 1 is 1.17 bits per heavy atom. The van der Waals surface area contributed by atoms with Crippen molar-refractivity contribution >= 4 is 5.91 Å². The van der Waals surface area contributed by atoms with Crippen molar-refractivity contribution in [3.63, 3.8) is 0 Å². The Morgan fingerprint density at radius 3 is 2.17 bits per heavy atom. The molecular weight excluding hydrogens is 229 g/mol. The normalized spacial score (nSPS) is 56.7. The molecule has 18 heavy (non-hydrogen) atoms. The van der Waals surface area contributed by atoms with Crippen molar-refractivity contribution in [2.24, 2.45) is 28.4 Å². The molecule has 6 rings (SSSR count). The Morgan fingerprint density at radius 2 is 1.72 bits per heavy atom. The zero-order valence-electron chi connectivity index (χ0n) is 10.9. The molecule has 6 aliphatic rings. The number of halogens is 1. The summed E-state index contributed by atoms with van der Waals surface area (Å²) in [6, 6.07) is 0. The van der Waals surface area contributed by atoms with Crippen molar-refractivity contribution in [3.8, 4) is 0 Å². The minimum atomic E-state index is -1.03. The summed E-state index contributed by atoms with van der Waals surface area (Å²) in [5.41, 5.74) is 4.40. The van der Waals surface area contributed by atoms with E-state index in [1.807, 2.05) is 0 Å². The maximum atomic E-state index is 14.4. The first kappa shape index (κ1) is 11.2.